The third kappa shape index (κ3) is 3.12. The number of hydrogen-bond acceptors (Lipinski definition) is 5. The van der Waals surface area contributed by atoms with Crippen molar-refractivity contribution in [2.24, 2.45) is 0 Å². The molecule has 6 nitrogen and oxygen atoms in total. The lowest BCUT2D eigenvalue weighted by atomic mass is 10.0. The Labute approximate surface area is 143 Å². The Morgan fingerprint density at radius 2 is 2.12 bits per heavy atom. The number of piperidine rings is 1. The maximum atomic E-state index is 12.7. The van der Waals surface area contributed by atoms with Gasteiger partial charge in [0.1, 0.15) is 22.5 Å². The SMILES string of the molecule is COc1ccccc1-c1nc(C(=O)N2CCCCC2C(=O)O)cs1. The van der Waals surface area contributed by atoms with E-state index >= 15 is 0 Å². The van der Waals surface area contributed by atoms with Crippen molar-refractivity contribution >= 4 is 23.2 Å². The lowest BCUT2D eigenvalue weighted by Crippen LogP contribution is -2.48. The van der Waals surface area contributed by atoms with Crippen LogP contribution in [0.3, 0.4) is 0 Å². The molecule has 1 fully saturated rings. The summed E-state index contributed by atoms with van der Waals surface area (Å²) in [6, 6.07) is 6.71. The average Bonchev–Trinajstić information content (AvgIpc) is 3.11. The molecule has 0 saturated carbocycles. The molecule has 1 aliphatic heterocycles. The van der Waals surface area contributed by atoms with E-state index in [1.807, 2.05) is 24.3 Å². The van der Waals surface area contributed by atoms with Crippen LogP contribution < -0.4 is 4.74 Å². The van der Waals surface area contributed by atoms with Crippen molar-refractivity contribution in [3.8, 4) is 16.3 Å². The minimum atomic E-state index is -0.955. The largest absolute Gasteiger partial charge is 0.496 e. The number of rotatable bonds is 4. The quantitative estimate of drug-likeness (QED) is 0.921. The zero-order chi connectivity index (χ0) is 17.1. The van der Waals surface area contributed by atoms with Crippen LogP contribution in [0.4, 0.5) is 0 Å². The van der Waals surface area contributed by atoms with Gasteiger partial charge in [-0.1, -0.05) is 12.1 Å². The van der Waals surface area contributed by atoms with Crippen LogP contribution >= 0.6 is 11.3 Å². The molecule has 1 unspecified atom stereocenters. The first-order chi connectivity index (χ1) is 11.6. The highest BCUT2D eigenvalue weighted by molar-refractivity contribution is 7.13. The number of thiazole rings is 1. The first-order valence-electron chi connectivity index (χ1n) is 7.74. The number of carbonyl (C=O) groups excluding carboxylic acids is 1. The molecule has 1 atom stereocenters. The second kappa shape index (κ2) is 7.00. The average molecular weight is 346 g/mol. The van der Waals surface area contributed by atoms with Gasteiger partial charge in [0.05, 0.1) is 12.7 Å². The lowest BCUT2D eigenvalue weighted by Gasteiger charge is -2.32. The summed E-state index contributed by atoms with van der Waals surface area (Å²) in [5, 5.41) is 11.7. The molecule has 1 aliphatic rings. The van der Waals surface area contributed by atoms with Crippen molar-refractivity contribution in [1.82, 2.24) is 9.88 Å². The van der Waals surface area contributed by atoms with Crippen LogP contribution in [-0.2, 0) is 4.79 Å². The van der Waals surface area contributed by atoms with Crippen LogP contribution in [0, 0.1) is 0 Å². The monoisotopic (exact) mass is 346 g/mol. The number of carbonyl (C=O) groups is 2. The van der Waals surface area contributed by atoms with Crippen LogP contribution in [0.2, 0.25) is 0 Å². The molecule has 126 valence electrons. The summed E-state index contributed by atoms with van der Waals surface area (Å²) in [5.74, 6) is -0.588. The molecule has 7 heteroatoms. The minimum Gasteiger partial charge on any atom is -0.496 e. The number of hydrogen-bond donors (Lipinski definition) is 1. The molecule has 2 aromatic rings. The highest BCUT2D eigenvalue weighted by atomic mass is 32.1. The van der Waals surface area contributed by atoms with E-state index in [4.69, 9.17) is 4.74 Å². The van der Waals surface area contributed by atoms with Gasteiger partial charge in [-0.25, -0.2) is 9.78 Å². The predicted octanol–water partition coefficient (Wildman–Crippen LogP) is 2.90. The summed E-state index contributed by atoms with van der Waals surface area (Å²) < 4.78 is 5.33. The van der Waals surface area contributed by atoms with Gasteiger partial charge in [0, 0.05) is 11.9 Å². The Bertz CT molecular complexity index is 759. The van der Waals surface area contributed by atoms with E-state index in [1.165, 1.54) is 16.2 Å². The summed E-state index contributed by atoms with van der Waals surface area (Å²) in [4.78, 5) is 29.9. The Morgan fingerprint density at radius 3 is 2.88 bits per heavy atom. The topological polar surface area (TPSA) is 79.7 Å². The van der Waals surface area contributed by atoms with Crippen molar-refractivity contribution in [3.63, 3.8) is 0 Å². The van der Waals surface area contributed by atoms with E-state index in [9.17, 15) is 14.7 Å². The molecule has 0 radical (unpaired) electrons. The van der Waals surface area contributed by atoms with Crippen molar-refractivity contribution in [3.05, 3.63) is 35.3 Å². The number of carboxylic acid groups (broad SMARTS) is 1. The Kier molecular flexibility index (Phi) is 4.80. The van der Waals surface area contributed by atoms with Crippen molar-refractivity contribution < 1.29 is 19.4 Å². The van der Waals surface area contributed by atoms with E-state index < -0.39 is 12.0 Å². The fourth-order valence-corrected chi connectivity index (χ4v) is 3.72. The van der Waals surface area contributed by atoms with E-state index in [0.29, 0.717) is 23.7 Å². The second-order valence-electron chi connectivity index (χ2n) is 5.59. The normalized spacial score (nSPS) is 17.5. The van der Waals surface area contributed by atoms with Crippen molar-refractivity contribution in [2.75, 3.05) is 13.7 Å². The fourth-order valence-electron chi connectivity index (χ4n) is 2.90. The minimum absolute atomic E-state index is 0.286. The number of ether oxygens (including phenoxy) is 1. The maximum absolute atomic E-state index is 12.7. The molecule has 1 saturated heterocycles. The molecule has 1 aromatic heterocycles. The lowest BCUT2D eigenvalue weighted by molar-refractivity contribution is -0.143. The smallest absolute Gasteiger partial charge is 0.326 e. The fraction of sp³-hybridized carbons (Fsp3) is 0.353. The third-order valence-corrected chi connectivity index (χ3v) is 4.98. The van der Waals surface area contributed by atoms with Crippen LogP contribution in [0.1, 0.15) is 29.8 Å². The summed E-state index contributed by atoms with van der Waals surface area (Å²) in [7, 11) is 1.59. The predicted molar refractivity (Wildman–Crippen MR) is 90.4 cm³/mol. The number of para-hydroxylation sites is 1. The van der Waals surface area contributed by atoms with Crippen molar-refractivity contribution in [1.29, 1.82) is 0 Å². The Morgan fingerprint density at radius 1 is 1.33 bits per heavy atom. The van der Waals surface area contributed by atoms with Gasteiger partial charge in [0.15, 0.2) is 0 Å². The Balaban J connectivity index is 1.87. The summed E-state index contributed by atoms with van der Waals surface area (Å²) in [5.41, 5.74) is 1.10. The van der Waals surface area contributed by atoms with E-state index in [2.05, 4.69) is 4.98 Å². The standard InChI is InChI=1S/C17H18N2O4S/c1-23-14-8-3-2-6-11(14)15-18-12(10-24-15)16(20)19-9-5-4-7-13(19)17(21)22/h2-3,6,8,10,13H,4-5,7,9H2,1H3,(H,21,22). The zero-order valence-corrected chi connectivity index (χ0v) is 14.1. The number of aliphatic carboxylic acids is 1. The zero-order valence-electron chi connectivity index (χ0n) is 13.3. The van der Waals surface area contributed by atoms with Crippen LogP contribution in [0.5, 0.6) is 5.75 Å². The van der Waals surface area contributed by atoms with Crippen LogP contribution in [-0.4, -0.2) is 46.6 Å². The number of benzene rings is 1. The molecule has 0 aliphatic carbocycles. The summed E-state index contributed by atoms with van der Waals surface area (Å²) in [6.45, 7) is 0.456. The molecule has 24 heavy (non-hydrogen) atoms. The first-order valence-corrected chi connectivity index (χ1v) is 8.62. The van der Waals surface area contributed by atoms with E-state index in [1.54, 1.807) is 12.5 Å². The van der Waals surface area contributed by atoms with Gasteiger partial charge in [-0.15, -0.1) is 11.3 Å². The number of nitrogens with zero attached hydrogens (tertiary/aromatic N) is 2. The number of carboxylic acids is 1. The highest BCUT2D eigenvalue weighted by Gasteiger charge is 2.33. The molecule has 2 heterocycles. The van der Waals surface area contributed by atoms with Gasteiger partial charge in [-0.2, -0.15) is 0 Å². The number of aromatic nitrogens is 1. The molecule has 1 aromatic carbocycles. The summed E-state index contributed by atoms with van der Waals surface area (Å²) in [6.07, 6.45) is 2.13. The van der Waals surface area contributed by atoms with Crippen molar-refractivity contribution in [2.45, 2.75) is 25.3 Å². The van der Waals surface area contributed by atoms with E-state index in [0.717, 1.165) is 18.4 Å². The van der Waals surface area contributed by atoms with Gasteiger partial charge in [0.2, 0.25) is 0 Å². The molecular weight excluding hydrogens is 328 g/mol. The Hall–Kier alpha value is -2.41. The number of methoxy groups -OCH3 is 1. The molecule has 1 N–H and O–H groups in total. The second-order valence-corrected chi connectivity index (χ2v) is 6.44. The highest BCUT2D eigenvalue weighted by Crippen LogP contribution is 2.32. The summed E-state index contributed by atoms with van der Waals surface area (Å²) >= 11 is 1.35. The molecule has 1 amide bonds. The number of likely N-dealkylation sites (tertiary alicyclic amines) is 1. The van der Waals surface area contributed by atoms with Gasteiger partial charge in [0.25, 0.3) is 5.91 Å². The molecule has 3 rings (SSSR count). The molecular formula is C17H18N2O4S. The van der Waals surface area contributed by atoms with Gasteiger partial charge in [-0.3, -0.25) is 4.79 Å². The molecule has 0 spiro atoms. The van der Waals surface area contributed by atoms with Gasteiger partial charge >= 0.3 is 5.97 Å². The molecule has 0 bridgehead atoms. The van der Waals surface area contributed by atoms with E-state index in [-0.39, 0.29) is 11.6 Å². The van der Waals surface area contributed by atoms with Crippen LogP contribution in [0.15, 0.2) is 29.6 Å². The number of amides is 1. The maximum Gasteiger partial charge on any atom is 0.326 e. The van der Waals surface area contributed by atoms with Gasteiger partial charge < -0.3 is 14.7 Å². The van der Waals surface area contributed by atoms with Gasteiger partial charge in [-0.05, 0) is 31.4 Å². The first kappa shape index (κ1) is 16.4. The van der Waals surface area contributed by atoms with Crippen LogP contribution in [0.25, 0.3) is 10.6 Å². The third-order valence-electron chi connectivity index (χ3n) is 4.11.